The van der Waals surface area contributed by atoms with E-state index in [1.165, 1.54) is 11.8 Å². The highest BCUT2D eigenvalue weighted by molar-refractivity contribution is 8.00. The Bertz CT molecular complexity index is 438. The molecule has 96 valence electrons. The molecule has 18 heavy (non-hydrogen) atoms. The quantitative estimate of drug-likeness (QED) is 0.847. The summed E-state index contributed by atoms with van der Waals surface area (Å²) >= 11 is 1.45. The van der Waals surface area contributed by atoms with Crippen molar-refractivity contribution in [1.29, 1.82) is 0 Å². The highest BCUT2D eigenvalue weighted by Gasteiger charge is 2.17. The monoisotopic (exact) mass is 265 g/mol. The van der Waals surface area contributed by atoms with Crippen molar-refractivity contribution in [3.05, 3.63) is 29.8 Å². The zero-order valence-corrected chi connectivity index (χ0v) is 10.8. The summed E-state index contributed by atoms with van der Waals surface area (Å²) in [6.07, 6.45) is 2.20. The number of nitrogens with zero attached hydrogens (tertiary/aromatic N) is 1. The van der Waals surface area contributed by atoms with Crippen LogP contribution in [0.1, 0.15) is 23.2 Å². The number of aromatic carboxylic acids is 1. The third-order valence-corrected chi connectivity index (χ3v) is 3.92. The predicted octanol–water partition coefficient (Wildman–Crippen LogP) is 2.10. The number of carbonyl (C=O) groups excluding carboxylic acids is 1. The van der Waals surface area contributed by atoms with Crippen molar-refractivity contribution in [3.8, 4) is 0 Å². The summed E-state index contributed by atoms with van der Waals surface area (Å²) in [7, 11) is 0. The van der Waals surface area contributed by atoms with E-state index in [2.05, 4.69) is 0 Å². The lowest BCUT2D eigenvalue weighted by atomic mass is 10.2. The molecule has 2 rings (SSSR count). The topological polar surface area (TPSA) is 57.6 Å². The van der Waals surface area contributed by atoms with Crippen molar-refractivity contribution < 1.29 is 14.7 Å². The maximum absolute atomic E-state index is 11.8. The van der Waals surface area contributed by atoms with Crippen molar-refractivity contribution in [2.24, 2.45) is 0 Å². The largest absolute Gasteiger partial charge is 0.478 e. The van der Waals surface area contributed by atoms with Gasteiger partial charge in [0.15, 0.2) is 0 Å². The Balaban J connectivity index is 1.86. The Labute approximate surface area is 110 Å². The molecule has 1 amide bonds. The second kappa shape index (κ2) is 5.91. The molecule has 1 aliphatic rings. The van der Waals surface area contributed by atoms with Crippen LogP contribution in [0, 0.1) is 0 Å². The molecular weight excluding hydrogens is 250 g/mol. The summed E-state index contributed by atoms with van der Waals surface area (Å²) in [4.78, 5) is 25.3. The number of likely N-dealkylation sites (tertiary alicyclic amines) is 1. The lowest BCUT2D eigenvalue weighted by molar-refractivity contribution is -0.127. The number of rotatable bonds is 4. The first-order chi connectivity index (χ1) is 8.66. The zero-order valence-electron chi connectivity index (χ0n) is 9.96. The molecule has 1 fully saturated rings. The third kappa shape index (κ3) is 3.26. The van der Waals surface area contributed by atoms with Gasteiger partial charge in [-0.2, -0.15) is 0 Å². The molecule has 0 spiro atoms. The average Bonchev–Trinajstić information content (AvgIpc) is 2.90. The molecule has 1 heterocycles. The second-order valence-electron chi connectivity index (χ2n) is 4.21. The van der Waals surface area contributed by atoms with Crippen molar-refractivity contribution in [1.82, 2.24) is 4.90 Å². The van der Waals surface area contributed by atoms with Gasteiger partial charge in [-0.05, 0) is 37.1 Å². The maximum Gasteiger partial charge on any atom is 0.335 e. The molecule has 4 nitrogen and oxygen atoms in total. The Morgan fingerprint density at radius 3 is 2.33 bits per heavy atom. The van der Waals surface area contributed by atoms with E-state index in [-0.39, 0.29) is 11.5 Å². The molecule has 5 heteroatoms. The fraction of sp³-hybridized carbons (Fsp3) is 0.385. The van der Waals surface area contributed by atoms with Crippen LogP contribution in [0.5, 0.6) is 0 Å². The third-order valence-electron chi connectivity index (χ3n) is 2.92. The van der Waals surface area contributed by atoms with Crippen LogP contribution >= 0.6 is 11.8 Å². The number of benzene rings is 1. The van der Waals surface area contributed by atoms with Crippen molar-refractivity contribution in [2.75, 3.05) is 18.8 Å². The first-order valence-electron chi connectivity index (χ1n) is 5.91. The molecule has 1 aliphatic heterocycles. The van der Waals surface area contributed by atoms with Gasteiger partial charge in [-0.1, -0.05) is 0 Å². The van der Waals surface area contributed by atoms with Gasteiger partial charge in [-0.3, -0.25) is 4.79 Å². The van der Waals surface area contributed by atoms with E-state index in [0.29, 0.717) is 5.75 Å². The van der Waals surface area contributed by atoms with Crippen LogP contribution in [0.3, 0.4) is 0 Å². The first-order valence-corrected chi connectivity index (χ1v) is 6.89. The van der Waals surface area contributed by atoms with Gasteiger partial charge in [0, 0.05) is 18.0 Å². The highest BCUT2D eigenvalue weighted by Crippen LogP contribution is 2.20. The van der Waals surface area contributed by atoms with Crippen LogP contribution in [0.15, 0.2) is 29.2 Å². The number of thioether (sulfide) groups is 1. The van der Waals surface area contributed by atoms with Gasteiger partial charge in [-0.15, -0.1) is 11.8 Å². The van der Waals surface area contributed by atoms with Gasteiger partial charge in [0.05, 0.1) is 11.3 Å². The summed E-state index contributed by atoms with van der Waals surface area (Å²) in [6, 6.07) is 6.60. The molecule has 1 aromatic rings. The molecule has 1 saturated heterocycles. The summed E-state index contributed by atoms with van der Waals surface area (Å²) in [5, 5.41) is 8.77. The fourth-order valence-corrected chi connectivity index (χ4v) is 2.70. The van der Waals surface area contributed by atoms with E-state index >= 15 is 0 Å². The number of carboxylic acid groups (broad SMARTS) is 1. The zero-order chi connectivity index (χ0) is 13.0. The SMILES string of the molecule is O=C(O)c1ccc(SCC(=O)N2CCCC2)cc1. The first kappa shape index (κ1) is 13.0. The van der Waals surface area contributed by atoms with E-state index in [1.807, 2.05) is 4.90 Å². The minimum absolute atomic E-state index is 0.166. The molecule has 0 bridgehead atoms. The van der Waals surface area contributed by atoms with Gasteiger partial charge < -0.3 is 10.0 Å². The highest BCUT2D eigenvalue weighted by atomic mass is 32.2. The Morgan fingerprint density at radius 1 is 1.17 bits per heavy atom. The minimum atomic E-state index is -0.931. The summed E-state index contributed by atoms with van der Waals surface area (Å²) in [5.41, 5.74) is 0.269. The van der Waals surface area contributed by atoms with Gasteiger partial charge >= 0.3 is 5.97 Å². The van der Waals surface area contributed by atoms with Gasteiger partial charge in [0.25, 0.3) is 0 Å². The van der Waals surface area contributed by atoms with E-state index in [9.17, 15) is 9.59 Å². The number of carboxylic acids is 1. The normalized spacial score (nSPS) is 14.8. The molecule has 1 aromatic carbocycles. The summed E-state index contributed by atoms with van der Waals surface area (Å²) < 4.78 is 0. The van der Waals surface area contributed by atoms with Crippen LogP contribution in [-0.4, -0.2) is 40.7 Å². The van der Waals surface area contributed by atoms with Crippen molar-refractivity contribution >= 4 is 23.6 Å². The Kier molecular flexibility index (Phi) is 4.25. The molecular formula is C13H15NO3S. The number of carbonyl (C=O) groups is 2. The number of hydrogen-bond acceptors (Lipinski definition) is 3. The molecule has 0 atom stereocenters. The molecule has 0 aromatic heterocycles. The van der Waals surface area contributed by atoms with Gasteiger partial charge in [-0.25, -0.2) is 4.79 Å². The summed E-state index contributed by atoms with van der Waals surface area (Å²) in [6.45, 7) is 1.74. The number of hydrogen-bond donors (Lipinski definition) is 1. The number of amides is 1. The van der Waals surface area contributed by atoms with E-state index in [1.54, 1.807) is 24.3 Å². The lowest BCUT2D eigenvalue weighted by Gasteiger charge is -2.14. The van der Waals surface area contributed by atoms with Crippen molar-refractivity contribution in [2.45, 2.75) is 17.7 Å². The smallest absolute Gasteiger partial charge is 0.335 e. The van der Waals surface area contributed by atoms with Gasteiger partial charge in [0.2, 0.25) is 5.91 Å². The molecule has 0 saturated carbocycles. The van der Waals surface area contributed by atoms with Crippen LogP contribution in [0.2, 0.25) is 0 Å². The average molecular weight is 265 g/mol. The van der Waals surface area contributed by atoms with E-state index < -0.39 is 5.97 Å². The lowest BCUT2D eigenvalue weighted by Crippen LogP contribution is -2.29. The van der Waals surface area contributed by atoms with Crippen LogP contribution in [-0.2, 0) is 4.79 Å². The van der Waals surface area contributed by atoms with E-state index in [0.717, 1.165) is 30.8 Å². The molecule has 0 radical (unpaired) electrons. The van der Waals surface area contributed by atoms with Crippen molar-refractivity contribution in [3.63, 3.8) is 0 Å². The molecule has 1 N–H and O–H groups in total. The second-order valence-corrected chi connectivity index (χ2v) is 5.25. The summed E-state index contributed by atoms with van der Waals surface area (Å²) in [5.74, 6) is -0.341. The fourth-order valence-electron chi connectivity index (χ4n) is 1.90. The Morgan fingerprint density at radius 2 is 1.78 bits per heavy atom. The van der Waals surface area contributed by atoms with Crippen LogP contribution in [0.4, 0.5) is 0 Å². The van der Waals surface area contributed by atoms with E-state index in [4.69, 9.17) is 5.11 Å². The Hall–Kier alpha value is -1.49. The minimum Gasteiger partial charge on any atom is -0.478 e. The predicted molar refractivity (Wildman–Crippen MR) is 69.9 cm³/mol. The van der Waals surface area contributed by atoms with Crippen LogP contribution < -0.4 is 0 Å². The van der Waals surface area contributed by atoms with Crippen LogP contribution in [0.25, 0.3) is 0 Å². The van der Waals surface area contributed by atoms with Gasteiger partial charge in [0.1, 0.15) is 0 Å². The standard InChI is InChI=1S/C13H15NO3S/c15-12(14-7-1-2-8-14)9-18-11-5-3-10(4-6-11)13(16)17/h3-6H,1-2,7-9H2,(H,16,17). The maximum atomic E-state index is 11.8. The molecule has 0 aliphatic carbocycles. The molecule has 0 unspecified atom stereocenters.